The molecule has 0 atom stereocenters. The van der Waals surface area contributed by atoms with Crippen molar-refractivity contribution in [3.63, 3.8) is 0 Å². The summed E-state index contributed by atoms with van der Waals surface area (Å²) >= 11 is 4.93. The summed E-state index contributed by atoms with van der Waals surface area (Å²) < 4.78 is 2.38. The zero-order valence-corrected chi connectivity index (χ0v) is 16.3. The third-order valence-corrected chi connectivity index (χ3v) is 5.47. The molecule has 0 saturated heterocycles. The Labute approximate surface area is 162 Å². The van der Waals surface area contributed by atoms with Crippen LogP contribution in [-0.4, -0.2) is 19.6 Å². The predicted octanol–water partition coefficient (Wildman–Crippen LogP) is 4.45. The highest BCUT2D eigenvalue weighted by atomic mass is 79.9. The molecule has 0 unspecified atom stereocenters. The standard InChI is InChI=1S/C19H15BrN4OS/c1-12-16(14-5-3-2-4-6-14)17-21-18(22-19(25)24(17)23-12)26-11-13-7-9-15(20)10-8-13/h2-10H,11H2,1H3,(H,21,22,25). The smallest absolute Gasteiger partial charge is 0.285 e. The van der Waals surface area contributed by atoms with Gasteiger partial charge in [-0.15, -0.1) is 0 Å². The maximum Gasteiger partial charge on any atom is 0.350 e. The maximum absolute atomic E-state index is 12.4. The molecule has 4 rings (SSSR count). The molecule has 130 valence electrons. The summed E-state index contributed by atoms with van der Waals surface area (Å²) in [6.07, 6.45) is 0. The lowest BCUT2D eigenvalue weighted by atomic mass is 10.1. The third-order valence-electron chi connectivity index (χ3n) is 4.00. The van der Waals surface area contributed by atoms with Gasteiger partial charge < -0.3 is 0 Å². The molecule has 4 aromatic rings. The van der Waals surface area contributed by atoms with Gasteiger partial charge in [-0.05, 0) is 30.2 Å². The second-order valence-corrected chi connectivity index (χ2v) is 7.70. The monoisotopic (exact) mass is 426 g/mol. The van der Waals surface area contributed by atoms with Crippen LogP contribution in [0.15, 0.2) is 69.0 Å². The quantitative estimate of drug-likeness (QED) is 0.489. The lowest BCUT2D eigenvalue weighted by Gasteiger charge is -2.04. The molecular weight excluding hydrogens is 412 g/mol. The number of aromatic nitrogens is 4. The molecule has 0 bridgehead atoms. The summed E-state index contributed by atoms with van der Waals surface area (Å²) in [5.74, 6) is 0.722. The van der Waals surface area contributed by atoms with Crippen LogP contribution in [0.2, 0.25) is 0 Å². The van der Waals surface area contributed by atoms with Crippen molar-refractivity contribution < 1.29 is 0 Å². The van der Waals surface area contributed by atoms with Crippen LogP contribution < -0.4 is 5.69 Å². The summed E-state index contributed by atoms with van der Waals surface area (Å²) in [6.45, 7) is 1.89. The zero-order valence-electron chi connectivity index (χ0n) is 13.9. The Morgan fingerprint density at radius 3 is 2.58 bits per heavy atom. The number of rotatable bonds is 4. The average Bonchev–Trinajstić information content (AvgIpc) is 2.98. The molecule has 5 nitrogen and oxygen atoms in total. The largest absolute Gasteiger partial charge is 0.350 e. The van der Waals surface area contributed by atoms with Gasteiger partial charge in [0.25, 0.3) is 0 Å². The van der Waals surface area contributed by atoms with E-state index in [1.165, 1.54) is 16.3 Å². The van der Waals surface area contributed by atoms with Gasteiger partial charge in [0.05, 0.1) is 5.69 Å². The van der Waals surface area contributed by atoms with Crippen molar-refractivity contribution >= 4 is 33.3 Å². The lowest BCUT2D eigenvalue weighted by molar-refractivity contribution is 0.780. The van der Waals surface area contributed by atoms with E-state index in [1.54, 1.807) is 0 Å². The molecule has 0 saturated carbocycles. The first kappa shape index (κ1) is 17.1. The highest BCUT2D eigenvalue weighted by Gasteiger charge is 2.16. The molecular formula is C19H15BrN4OS. The number of fused-ring (bicyclic) bond motifs is 1. The fourth-order valence-electron chi connectivity index (χ4n) is 2.77. The van der Waals surface area contributed by atoms with Crippen molar-refractivity contribution in [1.82, 2.24) is 19.6 Å². The van der Waals surface area contributed by atoms with Crippen molar-refractivity contribution in [3.05, 3.63) is 80.8 Å². The van der Waals surface area contributed by atoms with Crippen LogP contribution in [0.4, 0.5) is 0 Å². The topological polar surface area (TPSA) is 63.1 Å². The van der Waals surface area contributed by atoms with E-state index in [2.05, 4.69) is 31.0 Å². The average molecular weight is 427 g/mol. The van der Waals surface area contributed by atoms with Gasteiger partial charge >= 0.3 is 5.69 Å². The first-order valence-corrected chi connectivity index (χ1v) is 9.82. The third kappa shape index (κ3) is 3.32. The Hall–Kier alpha value is -2.38. The van der Waals surface area contributed by atoms with Gasteiger partial charge in [-0.25, -0.2) is 9.78 Å². The summed E-state index contributed by atoms with van der Waals surface area (Å²) in [6, 6.07) is 18.0. The first-order chi connectivity index (χ1) is 12.6. The van der Waals surface area contributed by atoms with E-state index in [0.29, 0.717) is 10.8 Å². The van der Waals surface area contributed by atoms with E-state index < -0.39 is 0 Å². The fraction of sp³-hybridized carbons (Fsp3) is 0.105. The van der Waals surface area contributed by atoms with Crippen molar-refractivity contribution in [2.24, 2.45) is 0 Å². The number of nitrogens with one attached hydrogen (secondary N) is 1. The number of aromatic amines is 1. The number of hydrogen-bond donors (Lipinski definition) is 1. The molecule has 2 aromatic heterocycles. The molecule has 26 heavy (non-hydrogen) atoms. The van der Waals surface area contributed by atoms with Crippen LogP contribution in [0.5, 0.6) is 0 Å². The minimum absolute atomic E-state index is 0.279. The Bertz CT molecular complexity index is 1120. The van der Waals surface area contributed by atoms with Gasteiger partial charge in [-0.1, -0.05) is 70.2 Å². The van der Waals surface area contributed by atoms with Crippen molar-refractivity contribution in [2.45, 2.75) is 17.8 Å². The van der Waals surface area contributed by atoms with Crippen molar-refractivity contribution in [2.75, 3.05) is 0 Å². The van der Waals surface area contributed by atoms with Crippen molar-refractivity contribution in [1.29, 1.82) is 0 Å². The number of nitrogens with zero attached hydrogens (tertiary/aromatic N) is 3. The van der Waals surface area contributed by atoms with Crippen molar-refractivity contribution in [3.8, 4) is 11.1 Å². The molecule has 0 radical (unpaired) electrons. The van der Waals surface area contributed by atoms with Crippen LogP contribution in [0.3, 0.4) is 0 Å². The van der Waals surface area contributed by atoms with E-state index in [9.17, 15) is 4.79 Å². The number of benzene rings is 2. The minimum Gasteiger partial charge on any atom is -0.285 e. The molecule has 0 aliphatic rings. The van der Waals surface area contributed by atoms with E-state index in [1.807, 2.05) is 61.5 Å². The van der Waals surface area contributed by atoms with Gasteiger partial charge in [0.1, 0.15) is 0 Å². The normalized spacial score (nSPS) is 11.2. The van der Waals surface area contributed by atoms with Gasteiger partial charge in [0.15, 0.2) is 10.8 Å². The molecule has 7 heteroatoms. The SMILES string of the molecule is Cc1nn2c(=O)[nH]c(SCc3ccc(Br)cc3)nc2c1-c1ccccc1. The van der Waals surface area contributed by atoms with Gasteiger partial charge in [-0.3, -0.25) is 4.98 Å². The van der Waals surface area contributed by atoms with E-state index in [-0.39, 0.29) is 5.69 Å². The maximum atomic E-state index is 12.4. The van der Waals surface area contributed by atoms with Gasteiger partial charge in [0.2, 0.25) is 0 Å². The lowest BCUT2D eigenvalue weighted by Crippen LogP contribution is -2.19. The molecule has 2 heterocycles. The Morgan fingerprint density at radius 1 is 1.12 bits per heavy atom. The van der Waals surface area contributed by atoms with Crippen LogP contribution >= 0.6 is 27.7 Å². The van der Waals surface area contributed by atoms with E-state index >= 15 is 0 Å². The second-order valence-electron chi connectivity index (χ2n) is 5.82. The second kappa shape index (κ2) is 7.09. The van der Waals surface area contributed by atoms with Crippen LogP contribution in [-0.2, 0) is 5.75 Å². The summed E-state index contributed by atoms with van der Waals surface area (Å²) in [5.41, 5.74) is 4.14. The van der Waals surface area contributed by atoms with E-state index in [0.717, 1.165) is 32.6 Å². The fourth-order valence-corrected chi connectivity index (χ4v) is 3.84. The molecule has 0 fully saturated rings. The Morgan fingerprint density at radius 2 is 1.85 bits per heavy atom. The highest BCUT2D eigenvalue weighted by Crippen LogP contribution is 2.27. The number of halogens is 1. The van der Waals surface area contributed by atoms with Crippen LogP contribution in [0, 0.1) is 6.92 Å². The van der Waals surface area contributed by atoms with Crippen LogP contribution in [0.25, 0.3) is 16.8 Å². The summed E-state index contributed by atoms with van der Waals surface area (Å²) in [7, 11) is 0. The molecule has 0 aliphatic heterocycles. The number of aryl methyl sites for hydroxylation is 1. The Kier molecular flexibility index (Phi) is 4.65. The van der Waals surface area contributed by atoms with E-state index in [4.69, 9.17) is 0 Å². The molecule has 2 aromatic carbocycles. The number of H-pyrrole nitrogens is 1. The summed E-state index contributed by atoms with van der Waals surface area (Å²) in [4.78, 5) is 19.9. The first-order valence-electron chi connectivity index (χ1n) is 8.04. The summed E-state index contributed by atoms with van der Waals surface area (Å²) in [5, 5.41) is 4.94. The number of hydrogen-bond acceptors (Lipinski definition) is 4. The number of thioether (sulfide) groups is 1. The minimum atomic E-state index is -0.279. The van der Waals surface area contributed by atoms with Crippen LogP contribution in [0.1, 0.15) is 11.3 Å². The Balaban J connectivity index is 1.73. The molecule has 0 amide bonds. The van der Waals surface area contributed by atoms with Gasteiger partial charge in [-0.2, -0.15) is 9.61 Å². The highest BCUT2D eigenvalue weighted by molar-refractivity contribution is 9.10. The molecule has 0 spiro atoms. The predicted molar refractivity (Wildman–Crippen MR) is 107 cm³/mol. The van der Waals surface area contributed by atoms with Gasteiger partial charge in [0, 0.05) is 15.8 Å². The molecule has 1 N–H and O–H groups in total. The zero-order chi connectivity index (χ0) is 18.1. The molecule has 0 aliphatic carbocycles.